The molecule has 1 aliphatic heterocycles. The third-order valence-corrected chi connectivity index (χ3v) is 6.07. The molecule has 0 fully saturated rings. The Labute approximate surface area is 189 Å². The molecule has 33 heavy (non-hydrogen) atoms. The molecule has 0 unspecified atom stereocenters. The Hall–Kier alpha value is -3.81. The van der Waals surface area contributed by atoms with E-state index in [-0.39, 0.29) is 23.1 Å². The summed E-state index contributed by atoms with van der Waals surface area (Å²) < 4.78 is 16.6. The number of fused-ring (bicyclic) bond motifs is 2. The van der Waals surface area contributed by atoms with Gasteiger partial charge in [-0.3, -0.25) is 14.3 Å². The first-order valence-corrected chi connectivity index (χ1v) is 10.9. The number of amides is 1. The Kier molecular flexibility index (Phi) is 5.08. The van der Waals surface area contributed by atoms with Crippen LogP contribution in [0.15, 0.2) is 47.4 Å². The van der Waals surface area contributed by atoms with Crippen LogP contribution in [0.1, 0.15) is 58.3 Å². The highest BCUT2D eigenvalue weighted by Gasteiger charge is 2.29. The van der Waals surface area contributed by atoms with Crippen LogP contribution in [0.5, 0.6) is 0 Å². The number of nitrogens with zero attached hydrogens (tertiary/aromatic N) is 4. The molecule has 0 bridgehead atoms. The van der Waals surface area contributed by atoms with E-state index in [0.29, 0.717) is 30.6 Å². The Morgan fingerprint density at radius 1 is 1.15 bits per heavy atom. The van der Waals surface area contributed by atoms with Crippen LogP contribution in [0.25, 0.3) is 10.8 Å². The van der Waals surface area contributed by atoms with Crippen molar-refractivity contribution in [2.75, 3.05) is 0 Å². The summed E-state index contributed by atoms with van der Waals surface area (Å²) in [4.78, 5) is 26.9. The highest BCUT2D eigenvalue weighted by atomic mass is 19.1. The van der Waals surface area contributed by atoms with Crippen LogP contribution in [0.2, 0.25) is 0 Å². The zero-order valence-corrected chi connectivity index (χ0v) is 18.7. The molecule has 0 aliphatic carbocycles. The predicted octanol–water partition coefficient (Wildman–Crippen LogP) is 3.89. The smallest absolute Gasteiger partial charge is 0.272 e. The van der Waals surface area contributed by atoms with Crippen molar-refractivity contribution in [1.29, 1.82) is 0 Å². The van der Waals surface area contributed by atoms with E-state index in [1.165, 1.54) is 6.07 Å². The number of carbonyl (C=O) groups excluding carboxylic acids is 1. The van der Waals surface area contributed by atoms with Gasteiger partial charge in [-0.15, -0.1) is 0 Å². The molecule has 168 valence electrons. The van der Waals surface area contributed by atoms with Gasteiger partial charge in [-0.05, 0) is 50.6 Å². The number of aromatic nitrogens is 4. The third kappa shape index (κ3) is 3.82. The van der Waals surface area contributed by atoms with Crippen molar-refractivity contribution in [2.45, 2.75) is 46.3 Å². The van der Waals surface area contributed by atoms with Gasteiger partial charge in [-0.1, -0.05) is 17.7 Å². The van der Waals surface area contributed by atoms with Gasteiger partial charge < -0.3 is 4.90 Å². The minimum absolute atomic E-state index is 0.0271. The van der Waals surface area contributed by atoms with E-state index >= 15 is 0 Å². The number of nitrogens with one attached hydrogen (secondary N) is 1. The Morgan fingerprint density at radius 2 is 1.97 bits per heavy atom. The zero-order valence-electron chi connectivity index (χ0n) is 18.7. The Balaban J connectivity index is 1.42. The van der Waals surface area contributed by atoms with E-state index in [2.05, 4.69) is 15.3 Å². The quantitative estimate of drug-likeness (QED) is 0.517. The van der Waals surface area contributed by atoms with Crippen molar-refractivity contribution < 1.29 is 9.18 Å². The average Bonchev–Trinajstić information content (AvgIpc) is 3.36. The number of hydrogen-bond acceptors (Lipinski definition) is 4. The number of halogens is 1. The molecule has 0 saturated heterocycles. The van der Waals surface area contributed by atoms with Gasteiger partial charge in [0.15, 0.2) is 0 Å². The van der Waals surface area contributed by atoms with Crippen LogP contribution in [-0.2, 0) is 19.5 Å². The van der Waals surface area contributed by atoms with E-state index < -0.39 is 5.82 Å². The molecular formula is C25H24FN5O2. The highest BCUT2D eigenvalue weighted by Crippen LogP contribution is 2.26. The molecule has 4 aromatic rings. The minimum atomic E-state index is -0.560. The van der Waals surface area contributed by atoms with Gasteiger partial charge >= 0.3 is 0 Å². The molecule has 0 saturated carbocycles. The summed E-state index contributed by atoms with van der Waals surface area (Å²) in [5.41, 5.74) is 4.04. The normalized spacial score (nSPS) is 13.2. The van der Waals surface area contributed by atoms with Crippen LogP contribution < -0.4 is 5.56 Å². The SMILES string of the molecule is Cc1ccc2c(=O)[nH]nc(Cc3ccc(F)c(C(=O)N4Cc5cn(C(C)C)nc5C4)c3)c2c1. The van der Waals surface area contributed by atoms with Crippen LogP contribution in [-0.4, -0.2) is 30.8 Å². The summed E-state index contributed by atoms with van der Waals surface area (Å²) in [7, 11) is 0. The van der Waals surface area contributed by atoms with Crippen LogP contribution in [0.4, 0.5) is 4.39 Å². The lowest BCUT2D eigenvalue weighted by Gasteiger charge is -2.17. The van der Waals surface area contributed by atoms with E-state index in [1.54, 1.807) is 23.1 Å². The molecule has 1 N–H and O–H groups in total. The number of aromatic amines is 1. The van der Waals surface area contributed by atoms with Crippen molar-refractivity contribution in [3.63, 3.8) is 0 Å². The molecule has 8 heteroatoms. The number of benzene rings is 2. The van der Waals surface area contributed by atoms with Gasteiger partial charge in [0.2, 0.25) is 0 Å². The van der Waals surface area contributed by atoms with Crippen molar-refractivity contribution in [3.05, 3.63) is 92.4 Å². The van der Waals surface area contributed by atoms with Crippen molar-refractivity contribution in [3.8, 4) is 0 Å². The first kappa shape index (κ1) is 21.1. The largest absolute Gasteiger partial charge is 0.328 e. The molecule has 0 radical (unpaired) electrons. The lowest BCUT2D eigenvalue weighted by atomic mass is 10.0. The van der Waals surface area contributed by atoms with E-state index in [0.717, 1.165) is 27.8 Å². The summed E-state index contributed by atoms with van der Waals surface area (Å²) in [6.07, 6.45) is 2.31. The molecule has 3 heterocycles. The number of aryl methyl sites for hydroxylation is 1. The lowest BCUT2D eigenvalue weighted by Crippen LogP contribution is -2.27. The standard InChI is InChI=1S/C25H24FN5O2/c1-14(2)31-12-17-11-30(13-23(17)29-31)25(33)20-9-16(5-7-21(20)26)10-22-19-8-15(3)4-6-18(19)24(32)28-27-22/h4-9,12,14H,10-11,13H2,1-3H3,(H,28,32). The lowest BCUT2D eigenvalue weighted by molar-refractivity contribution is 0.0744. The second-order valence-corrected chi connectivity index (χ2v) is 8.88. The van der Waals surface area contributed by atoms with Crippen LogP contribution >= 0.6 is 0 Å². The second kappa shape index (κ2) is 7.95. The summed E-state index contributed by atoms with van der Waals surface area (Å²) in [6, 6.07) is 10.4. The number of carbonyl (C=O) groups is 1. The molecule has 1 aliphatic rings. The first-order chi connectivity index (χ1) is 15.8. The number of hydrogen-bond donors (Lipinski definition) is 1. The summed E-state index contributed by atoms with van der Waals surface area (Å²) in [5.74, 6) is -0.922. The van der Waals surface area contributed by atoms with Crippen LogP contribution in [0, 0.1) is 12.7 Å². The van der Waals surface area contributed by atoms with Gasteiger partial charge in [0.25, 0.3) is 11.5 Å². The van der Waals surface area contributed by atoms with Gasteiger partial charge in [0, 0.05) is 36.2 Å². The molecule has 1 amide bonds. The summed E-state index contributed by atoms with van der Waals surface area (Å²) >= 11 is 0. The molecule has 7 nitrogen and oxygen atoms in total. The predicted molar refractivity (Wildman–Crippen MR) is 122 cm³/mol. The number of rotatable bonds is 4. The molecule has 0 atom stereocenters. The van der Waals surface area contributed by atoms with Crippen molar-refractivity contribution in [1.82, 2.24) is 24.9 Å². The van der Waals surface area contributed by atoms with E-state index in [9.17, 15) is 14.0 Å². The van der Waals surface area contributed by atoms with E-state index in [4.69, 9.17) is 0 Å². The topological polar surface area (TPSA) is 83.9 Å². The zero-order chi connectivity index (χ0) is 23.3. The third-order valence-electron chi connectivity index (χ3n) is 6.07. The molecule has 5 rings (SSSR count). The minimum Gasteiger partial charge on any atom is -0.328 e. The fraction of sp³-hybridized carbons (Fsp3) is 0.280. The molecule has 2 aromatic heterocycles. The van der Waals surface area contributed by atoms with Crippen molar-refractivity contribution in [2.24, 2.45) is 0 Å². The fourth-order valence-electron chi connectivity index (χ4n) is 4.26. The van der Waals surface area contributed by atoms with Gasteiger partial charge in [-0.2, -0.15) is 10.2 Å². The average molecular weight is 445 g/mol. The van der Waals surface area contributed by atoms with Gasteiger partial charge in [0.1, 0.15) is 5.82 Å². The van der Waals surface area contributed by atoms with E-state index in [1.807, 2.05) is 43.8 Å². The number of H-pyrrole nitrogens is 1. The maximum absolute atomic E-state index is 14.7. The molecular weight excluding hydrogens is 421 g/mol. The highest BCUT2D eigenvalue weighted by molar-refractivity contribution is 5.95. The monoisotopic (exact) mass is 445 g/mol. The first-order valence-electron chi connectivity index (χ1n) is 10.9. The van der Waals surface area contributed by atoms with Gasteiger partial charge in [-0.25, -0.2) is 9.49 Å². The molecule has 0 spiro atoms. The summed E-state index contributed by atoms with van der Waals surface area (Å²) in [5, 5.41) is 12.6. The second-order valence-electron chi connectivity index (χ2n) is 8.88. The fourth-order valence-corrected chi connectivity index (χ4v) is 4.26. The van der Waals surface area contributed by atoms with Crippen LogP contribution in [0.3, 0.4) is 0 Å². The molecule has 2 aromatic carbocycles. The maximum Gasteiger partial charge on any atom is 0.272 e. The Bertz CT molecular complexity index is 1430. The Morgan fingerprint density at radius 3 is 2.73 bits per heavy atom. The summed E-state index contributed by atoms with van der Waals surface area (Å²) in [6.45, 7) is 6.82. The van der Waals surface area contributed by atoms with Crippen molar-refractivity contribution >= 4 is 16.7 Å². The maximum atomic E-state index is 14.7. The van der Waals surface area contributed by atoms with Gasteiger partial charge in [0.05, 0.1) is 28.9 Å².